The molecule has 0 aliphatic rings. The number of thioether (sulfide) groups is 1. The Hall–Kier alpha value is -3.17. The molecule has 0 bridgehead atoms. The summed E-state index contributed by atoms with van der Waals surface area (Å²) in [4.78, 5) is 33.5. The summed E-state index contributed by atoms with van der Waals surface area (Å²) >= 11 is 7.20. The molecule has 0 unspecified atom stereocenters. The summed E-state index contributed by atoms with van der Waals surface area (Å²) in [6.07, 6.45) is 0. The van der Waals surface area contributed by atoms with E-state index in [1.807, 2.05) is 24.3 Å². The molecule has 4 rings (SSSR count). The van der Waals surface area contributed by atoms with E-state index in [9.17, 15) is 9.59 Å². The van der Waals surface area contributed by atoms with Crippen molar-refractivity contribution in [1.29, 1.82) is 0 Å². The van der Waals surface area contributed by atoms with Gasteiger partial charge in [-0.25, -0.2) is 4.98 Å². The lowest BCUT2D eigenvalue weighted by molar-refractivity contribution is -0.131. The van der Waals surface area contributed by atoms with Crippen LogP contribution in [0.2, 0.25) is 5.02 Å². The molecule has 0 atom stereocenters. The van der Waals surface area contributed by atoms with Crippen molar-refractivity contribution in [3.05, 3.63) is 53.6 Å². The summed E-state index contributed by atoms with van der Waals surface area (Å²) in [5.74, 6) is -0.473. The van der Waals surface area contributed by atoms with E-state index in [1.165, 1.54) is 16.7 Å². The van der Waals surface area contributed by atoms with Gasteiger partial charge in [-0.1, -0.05) is 53.7 Å². The summed E-state index contributed by atoms with van der Waals surface area (Å²) in [6.45, 7) is -0.0925. The third-order valence-corrected chi connectivity index (χ3v) is 5.53. The fraction of sp³-hybridized carbons (Fsp3) is 0.150. The topological polar surface area (TPSA) is 104 Å². The van der Waals surface area contributed by atoms with Crippen LogP contribution >= 0.6 is 23.4 Å². The number of para-hydroxylation sites is 2. The molecular weight excluding hydrogens is 424 g/mol. The lowest BCUT2D eigenvalue weighted by atomic mass is 10.2. The number of amides is 2. The van der Waals surface area contributed by atoms with E-state index in [0.717, 1.165) is 10.9 Å². The molecule has 0 radical (unpaired) electrons. The van der Waals surface area contributed by atoms with Crippen molar-refractivity contribution in [2.24, 2.45) is 0 Å². The summed E-state index contributed by atoms with van der Waals surface area (Å²) < 4.78 is 0. The van der Waals surface area contributed by atoms with Crippen LogP contribution < -0.4 is 5.32 Å². The van der Waals surface area contributed by atoms with Crippen molar-refractivity contribution < 1.29 is 9.59 Å². The minimum absolute atomic E-state index is 0.0866. The number of nitrogens with zero attached hydrogens (tertiary/aromatic N) is 4. The lowest BCUT2D eigenvalue weighted by Crippen LogP contribution is -2.36. The Kier molecular flexibility index (Phi) is 5.82. The first kappa shape index (κ1) is 20.1. The van der Waals surface area contributed by atoms with Gasteiger partial charge in [0, 0.05) is 18.0 Å². The van der Waals surface area contributed by atoms with E-state index in [0.29, 0.717) is 27.0 Å². The molecule has 2 heterocycles. The number of carbonyl (C=O) groups excluding carboxylic acids is 2. The average molecular weight is 441 g/mol. The van der Waals surface area contributed by atoms with E-state index < -0.39 is 0 Å². The highest BCUT2D eigenvalue weighted by molar-refractivity contribution is 7.99. The van der Waals surface area contributed by atoms with Crippen LogP contribution in [0.3, 0.4) is 0 Å². The molecule has 0 fully saturated rings. The van der Waals surface area contributed by atoms with Gasteiger partial charge >= 0.3 is 0 Å². The molecule has 152 valence electrons. The zero-order chi connectivity index (χ0) is 21.1. The number of aromatic nitrogens is 4. The second-order valence-corrected chi connectivity index (χ2v) is 7.88. The van der Waals surface area contributed by atoms with Gasteiger partial charge in [0.2, 0.25) is 17.0 Å². The zero-order valence-corrected chi connectivity index (χ0v) is 17.5. The molecule has 30 heavy (non-hydrogen) atoms. The van der Waals surface area contributed by atoms with Crippen LogP contribution in [0.5, 0.6) is 0 Å². The minimum Gasteiger partial charge on any atom is -0.338 e. The van der Waals surface area contributed by atoms with Crippen LogP contribution in [0.1, 0.15) is 0 Å². The number of halogens is 1. The number of hydrogen-bond donors (Lipinski definition) is 2. The molecule has 2 amide bonds. The molecule has 0 saturated carbocycles. The Morgan fingerprint density at radius 3 is 2.73 bits per heavy atom. The lowest BCUT2D eigenvalue weighted by Gasteiger charge is -2.16. The molecule has 2 aromatic heterocycles. The molecule has 10 heteroatoms. The van der Waals surface area contributed by atoms with Crippen LogP contribution in [0, 0.1) is 0 Å². The Labute approximate surface area is 181 Å². The quantitative estimate of drug-likeness (QED) is 0.445. The van der Waals surface area contributed by atoms with Gasteiger partial charge in [0.25, 0.3) is 0 Å². The van der Waals surface area contributed by atoms with Gasteiger partial charge in [0.1, 0.15) is 5.52 Å². The number of likely N-dealkylation sites (N-methyl/N-ethyl adjacent to an activating group) is 1. The van der Waals surface area contributed by atoms with E-state index in [2.05, 4.69) is 25.5 Å². The standard InChI is InChI=1S/C20H17ClN6O2S/c1-27(10-16(28)22-15-9-5-3-7-13(15)21)17(29)11-30-20-24-19-18(25-26-20)12-6-2-4-8-14(12)23-19/h2-9H,10-11H2,1H3,(H,22,28)(H,23,24,26). The molecule has 0 spiro atoms. The van der Waals surface area contributed by atoms with Gasteiger partial charge in [-0.15, -0.1) is 10.2 Å². The van der Waals surface area contributed by atoms with Gasteiger partial charge in [0.15, 0.2) is 5.65 Å². The van der Waals surface area contributed by atoms with Crippen molar-refractivity contribution in [1.82, 2.24) is 25.1 Å². The van der Waals surface area contributed by atoms with Crippen LogP contribution in [-0.4, -0.2) is 56.2 Å². The first-order valence-corrected chi connectivity index (χ1v) is 10.4. The molecule has 2 N–H and O–H groups in total. The second-order valence-electron chi connectivity index (χ2n) is 6.53. The average Bonchev–Trinajstić information content (AvgIpc) is 3.11. The number of H-pyrrole nitrogens is 1. The molecule has 0 saturated heterocycles. The number of rotatable bonds is 6. The van der Waals surface area contributed by atoms with Crippen LogP contribution in [0.25, 0.3) is 22.1 Å². The first-order valence-electron chi connectivity index (χ1n) is 9.03. The normalized spacial score (nSPS) is 11.0. The monoisotopic (exact) mass is 440 g/mol. The number of benzene rings is 2. The van der Waals surface area contributed by atoms with Crippen LogP contribution in [0.4, 0.5) is 5.69 Å². The maximum absolute atomic E-state index is 12.4. The third-order valence-electron chi connectivity index (χ3n) is 4.38. The Morgan fingerprint density at radius 2 is 1.90 bits per heavy atom. The number of hydrogen-bond acceptors (Lipinski definition) is 6. The van der Waals surface area contributed by atoms with Gasteiger partial charge in [-0.3, -0.25) is 9.59 Å². The highest BCUT2D eigenvalue weighted by Gasteiger charge is 2.16. The summed E-state index contributed by atoms with van der Waals surface area (Å²) in [6, 6.07) is 14.7. The van der Waals surface area contributed by atoms with E-state index in [-0.39, 0.29) is 24.1 Å². The zero-order valence-electron chi connectivity index (χ0n) is 15.9. The SMILES string of the molecule is CN(CC(=O)Nc1ccccc1Cl)C(=O)CSc1nnc2c(n1)[nH]c1ccccc12. The largest absolute Gasteiger partial charge is 0.338 e. The Morgan fingerprint density at radius 1 is 1.13 bits per heavy atom. The summed E-state index contributed by atoms with van der Waals surface area (Å²) in [5.41, 5.74) is 2.74. The van der Waals surface area contributed by atoms with Crippen molar-refractivity contribution in [2.45, 2.75) is 5.16 Å². The smallest absolute Gasteiger partial charge is 0.244 e. The molecular formula is C20H17ClN6O2S. The third kappa shape index (κ3) is 4.37. The number of carbonyl (C=O) groups is 2. The number of aromatic amines is 1. The van der Waals surface area contributed by atoms with Crippen LogP contribution in [0.15, 0.2) is 53.7 Å². The predicted octanol–water partition coefficient (Wildman–Crippen LogP) is 3.35. The van der Waals surface area contributed by atoms with Gasteiger partial charge in [0.05, 0.1) is 23.0 Å². The molecule has 0 aliphatic carbocycles. The van der Waals surface area contributed by atoms with E-state index >= 15 is 0 Å². The fourth-order valence-corrected chi connectivity index (χ4v) is 3.77. The van der Waals surface area contributed by atoms with Crippen molar-refractivity contribution in [3.63, 3.8) is 0 Å². The van der Waals surface area contributed by atoms with E-state index in [1.54, 1.807) is 31.3 Å². The summed E-state index contributed by atoms with van der Waals surface area (Å²) in [7, 11) is 1.56. The second kappa shape index (κ2) is 8.68. The highest BCUT2D eigenvalue weighted by atomic mass is 35.5. The van der Waals surface area contributed by atoms with Crippen LogP contribution in [-0.2, 0) is 9.59 Å². The predicted molar refractivity (Wildman–Crippen MR) is 118 cm³/mol. The van der Waals surface area contributed by atoms with Crippen molar-refractivity contribution in [2.75, 3.05) is 24.7 Å². The summed E-state index contributed by atoms with van der Waals surface area (Å²) in [5, 5.41) is 12.8. The maximum Gasteiger partial charge on any atom is 0.244 e. The van der Waals surface area contributed by atoms with Crippen molar-refractivity contribution in [3.8, 4) is 0 Å². The van der Waals surface area contributed by atoms with Crippen molar-refractivity contribution >= 4 is 62.9 Å². The number of fused-ring (bicyclic) bond motifs is 3. The first-order chi connectivity index (χ1) is 14.5. The van der Waals surface area contributed by atoms with E-state index in [4.69, 9.17) is 11.6 Å². The number of nitrogens with one attached hydrogen (secondary N) is 2. The Bertz CT molecular complexity index is 1240. The maximum atomic E-state index is 12.4. The molecule has 8 nitrogen and oxygen atoms in total. The highest BCUT2D eigenvalue weighted by Crippen LogP contribution is 2.23. The molecule has 0 aliphatic heterocycles. The minimum atomic E-state index is -0.332. The number of anilines is 1. The van der Waals surface area contributed by atoms with Gasteiger partial charge < -0.3 is 15.2 Å². The van der Waals surface area contributed by atoms with Gasteiger partial charge in [-0.05, 0) is 18.2 Å². The fourth-order valence-electron chi connectivity index (χ4n) is 2.86. The molecule has 2 aromatic carbocycles. The van der Waals surface area contributed by atoms with Gasteiger partial charge in [-0.2, -0.15) is 0 Å². The molecule has 4 aromatic rings. The Balaban J connectivity index is 1.35.